The van der Waals surface area contributed by atoms with Crippen LogP contribution in [-0.2, 0) is 0 Å². The van der Waals surface area contributed by atoms with Gasteiger partial charge in [-0.1, -0.05) is 13.8 Å². The maximum atomic E-state index is 5.82. The van der Waals surface area contributed by atoms with Crippen LogP contribution in [0, 0.1) is 29.1 Å². The van der Waals surface area contributed by atoms with Crippen LogP contribution in [0.25, 0.3) is 0 Å². The van der Waals surface area contributed by atoms with Gasteiger partial charge in [-0.3, -0.25) is 4.99 Å². The van der Waals surface area contributed by atoms with Gasteiger partial charge in [0.2, 0.25) is 0 Å². The molecule has 26 heavy (non-hydrogen) atoms. The molecule has 2 nitrogen and oxygen atoms in total. The minimum Gasteiger partial charge on any atom is -0.494 e. The smallest absolute Gasteiger partial charge is 0.119 e. The van der Waals surface area contributed by atoms with Crippen molar-refractivity contribution >= 4 is 6.21 Å². The Morgan fingerprint density at radius 2 is 1.58 bits per heavy atom. The summed E-state index contributed by atoms with van der Waals surface area (Å²) in [5.41, 5.74) is 1.70. The molecule has 5 rings (SSSR count). The normalized spacial score (nSPS) is 33.9. The van der Waals surface area contributed by atoms with Crippen LogP contribution < -0.4 is 4.74 Å². The van der Waals surface area contributed by atoms with Gasteiger partial charge in [-0.2, -0.15) is 0 Å². The monoisotopic (exact) mass is 353 g/mol. The molecule has 142 valence electrons. The van der Waals surface area contributed by atoms with Gasteiger partial charge in [0, 0.05) is 6.21 Å². The lowest BCUT2D eigenvalue weighted by Gasteiger charge is -2.58. The molecule has 0 unspecified atom stereocenters. The fourth-order valence-corrected chi connectivity index (χ4v) is 6.11. The second kappa shape index (κ2) is 7.37. The minimum absolute atomic E-state index is 0.456. The molecule has 1 aromatic rings. The summed E-state index contributed by atoms with van der Waals surface area (Å²) in [7, 11) is 0. The second-order valence-electron chi connectivity index (χ2n) is 9.83. The lowest BCUT2D eigenvalue weighted by atomic mass is 9.48. The van der Waals surface area contributed by atoms with Gasteiger partial charge in [0.05, 0.1) is 12.6 Å². The van der Waals surface area contributed by atoms with E-state index in [1.807, 2.05) is 0 Å². The highest BCUT2D eigenvalue weighted by atomic mass is 16.5. The first kappa shape index (κ1) is 18.1. The number of ether oxygens (including phenoxy) is 1. The molecule has 4 saturated carbocycles. The molecule has 0 heterocycles. The van der Waals surface area contributed by atoms with Gasteiger partial charge in [-0.25, -0.2) is 0 Å². The van der Waals surface area contributed by atoms with Crippen molar-refractivity contribution < 1.29 is 4.74 Å². The fourth-order valence-electron chi connectivity index (χ4n) is 6.11. The molecule has 0 spiro atoms. The van der Waals surface area contributed by atoms with Crippen molar-refractivity contribution in [2.24, 2.45) is 34.1 Å². The number of hydrogen-bond acceptors (Lipinski definition) is 2. The van der Waals surface area contributed by atoms with Crippen molar-refractivity contribution in [3.8, 4) is 5.75 Å². The van der Waals surface area contributed by atoms with Gasteiger partial charge in [0.1, 0.15) is 5.75 Å². The molecular formula is C24H35NO. The van der Waals surface area contributed by atoms with Crippen LogP contribution >= 0.6 is 0 Å². The van der Waals surface area contributed by atoms with E-state index in [1.165, 1.54) is 44.1 Å². The summed E-state index contributed by atoms with van der Waals surface area (Å²) in [5, 5.41) is 0. The summed E-state index contributed by atoms with van der Waals surface area (Å²) in [6.07, 6.45) is 12.0. The van der Waals surface area contributed by atoms with Crippen LogP contribution in [-0.4, -0.2) is 18.9 Å². The molecular weight excluding hydrogens is 318 g/mol. The van der Waals surface area contributed by atoms with Crippen LogP contribution in [0.5, 0.6) is 5.75 Å². The van der Waals surface area contributed by atoms with Crippen LogP contribution in [0.2, 0.25) is 0 Å². The average Bonchev–Trinajstić information content (AvgIpc) is 2.59. The predicted octanol–water partition coefficient (Wildman–Crippen LogP) is 6.14. The lowest BCUT2D eigenvalue weighted by Crippen LogP contribution is -2.50. The molecule has 0 saturated heterocycles. The zero-order valence-electron chi connectivity index (χ0n) is 16.8. The number of aliphatic imine (C=N–C) groups is 1. The Balaban J connectivity index is 1.35. The van der Waals surface area contributed by atoms with E-state index in [0.717, 1.165) is 36.5 Å². The quantitative estimate of drug-likeness (QED) is 0.540. The van der Waals surface area contributed by atoms with Crippen molar-refractivity contribution in [3.05, 3.63) is 29.8 Å². The highest BCUT2D eigenvalue weighted by Gasteiger charge is 2.53. The lowest BCUT2D eigenvalue weighted by molar-refractivity contribution is -0.0632. The maximum Gasteiger partial charge on any atom is 0.119 e. The highest BCUT2D eigenvalue weighted by molar-refractivity contribution is 5.79. The van der Waals surface area contributed by atoms with Gasteiger partial charge in [0.15, 0.2) is 0 Å². The number of rotatable bonds is 7. The van der Waals surface area contributed by atoms with Crippen LogP contribution in [0.3, 0.4) is 0 Å². The third-order valence-electron chi connectivity index (χ3n) is 7.26. The van der Waals surface area contributed by atoms with Crippen molar-refractivity contribution in [1.29, 1.82) is 0 Å². The molecule has 0 amide bonds. The molecule has 1 atom stereocenters. The van der Waals surface area contributed by atoms with Gasteiger partial charge in [-0.05, 0) is 111 Å². The molecule has 4 aliphatic rings. The molecule has 0 N–H and O–H groups in total. The van der Waals surface area contributed by atoms with E-state index in [2.05, 4.69) is 51.3 Å². The second-order valence-corrected chi connectivity index (χ2v) is 9.83. The first-order chi connectivity index (χ1) is 12.5. The van der Waals surface area contributed by atoms with Gasteiger partial charge in [-0.15, -0.1) is 0 Å². The minimum atomic E-state index is 0.456. The molecule has 0 aliphatic heterocycles. The molecule has 4 aliphatic carbocycles. The van der Waals surface area contributed by atoms with Crippen molar-refractivity contribution in [1.82, 2.24) is 0 Å². The summed E-state index contributed by atoms with van der Waals surface area (Å²) in [4.78, 5) is 5.03. The predicted molar refractivity (Wildman–Crippen MR) is 109 cm³/mol. The Kier molecular flexibility index (Phi) is 5.12. The van der Waals surface area contributed by atoms with Crippen molar-refractivity contribution in [2.45, 2.75) is 71.8 Å². The summed E-state index contributed by atoms with van der Waals surface area (Å²) >= 11 is 0. The van der Waals surface area contributed by atoms with Crippen LogP contribution in [0.15, 0.2) is 29.3 Å². The average molecular weight is 354 g/mol. The maximum absolute atomic E-state index is 5.82. The third-order valence-corrected chi connectivity index (χ3v) is 7.26. The van der Waals surface area contributed by atoms with Gasteiger partial charge >= 0.3 is 0 Å². The first-order valence-corrected chi connectivity index (χ1v) is 10.8. The molecule has 0 radical (unpaired) electrons. The summed E-state index contributed by atoms with van der Waals surface area (Å²) in [5.74, 6) is 4.66. The van der Waals surface area contributed by atoms with Crippen molar-refractivity contribution in [3.63, 3.8) is 0 Å². The molecule has 2 heteroatoms. The molecule has 1 aromatic carbocycles. The number of benzene rings is 1. The van der Waals surface area contributed by atoms with E-state index >= 15 is 0 Å². The standard InChI is InChI=1S/C24H35NO/c1-17(2)8-9-26-23-6-4-19(5-7-23)16-25-18(3)24-13-20-10-21(14-24)12-22(11-20)15-24/h4-7,16-18,20-22H,8-15H2,1-3H3/t18-,20?,21?,22?,24?/m1/s1. The zero-order chi connectivity index (χ0) is 18.1. The number of hydrogen-bond donors (Lipinski definition) is 0. The van der Waals surface area contributed by atoms with Crippen LogP contribution in [0.1, 0.15) is 71.3 Å². The molecule has 4 bridgehead atoms. The summed E-state index contributed by atoms with van der Waals surface area (Å²) in [6, 6.07) is 8.90. The van der Waals surface area contributed by atoms with E-state index in [4.69, 9.17) is 9.73 Å². The molecule has 4 fully saturated rings. The number of nitrogens with zero attached hydrogens (tertiary/aromatic N) is 1. The third kappa shape index (κ3) is 3.85. The highest BCUT2D eigenvalue weighted by Crippen LogP contribution is 2.61. The molecule has 0 aromatic heterocycles. The summed E-state index contributed by atoms with van der Waals surface area (Å²) in [6.45, 7) is 7.63. The van der Waals surface area contributed by atoms with Gasteiger partial charge in [0.25, 0.3) is 0 Å². The van der Waals surface area contributed by atoms with E-state index < -0.39 is 0 Å². The van der Waals surface area contributed by atoms with Crippen molar-refractivity contribution in [2.75, 3.05) is 6.61 Å². The zero-order valence-corrected chi connectivity index (χ0v) is 16.8. The Morgan fingerprint density at radius 1 is 1.00 bits per heavy atom. The van der Waals surface area contributed by atoms with Crippen LogP contribution in [0.4, 0.5) is 0 Å². The Labute approximate surface area is 159 Å². The SMILES string of the molecule is CC(C)CCOc1ccc(C=N[C@H](C)C23CC4CC(CC(C4)C2)C3)cc1. The topological polar surface area (TPSA) is 21.6 Å². The Hall–Kier alpha value is -1.31. The Morgan fingerprint density at radius 3 is 2.12 bits per heavy atom. The largest absolute Gasteiger partial charge is 0.494 e. The first-order valence-electron chi connectivity index (χ1n) is 10.8. The summed E-state index contributed by atoms with van der Waals surface area (Å²) < 4.78 is 5.82. The van der Waals surface area contributed by atoms with E-state index in [-0.39, 0.29) is 0 Å². The Bertz CT molecular complexity index is 595. The van der Waals surface area contributed by atoms with E-state index in [9.17, 15) is 0 Å². The van der Waals surface area contributed by atoms with E-state index in [0.29, 0.717) is 17.4 Å². The van der Waals surface area contributed by atoms with E-state index in [1.54, 1.807) is 0 Å². The fraction of sp³-hybridized carbons (Fsp3) is 0.708. The van der Waals surface area contributed by atoms with Gasteiger partial charge < -0.3 is 4.74 Å².